The summed E-state index contributed by atoms with van der Waals surface area (Å²) < 4.78 is 25.8. The SMILES string of the molecule is COc1cc2c(c3c1c(=O)c1cc4ccccc4cc1n3C)[C@@H](OC(C)=O)[C@@H](OCCC(=O)O)C(C)(C)O2. The average molecular weight is 520 g/mol. The number of fused-ring (bicyclic) bond motifs is 5. The summed E-state index contributed by atoms with van der Waals surface area (Å²) in [5, 5.41) is 11.9. The maximum absolute atomic E-state index is 14.0. The Bertz CT molecular complexity index is 1670. The van der Waals surface area contributed by atoms with Gasteiger partial charge in [0.1, 0.15) is 23.2 Å². The Morgan fingerprint density at radius 2 is 1.82 bits per heavy atom. The molecule has 38 heavy (non-hydrogen) atoms. The number of hydrogen-bond acceptors (Lipinski definition) is 7. The summed E-state index contributed by atoms with van der Waals surface area (Å²) in [6.45, 7) is 4.74. The van der Waals surface area contributed by atoms with Crippen LogP contribution in [0.4, 0.5) is 0 Å². The fraction of sp³-hybridized carbons (Fsp3) is 0.345. The third kappa shape index (κ3) is 4.12. The molecule has 2 atom stereocenters. The van der Waals surface area contributed by atoms with Crippen LogP contribution < -0.4 is 14.9 Å². The third-order valence-electron chi connectivity index (χ3n) is 7.04. The number of hydrogen-bond donors (Lipinski definition) is 1. The number of rotatable bonds is 6. The lowest BCUT2D eigenvalue weighted by Gasteiger charge is -2.44. The number of esters is 1. The topological polar surface area (TPSA) is 113 Å². The first-order chi connectivity index (χ1) is 18.0. The van der Waals surface area contributed by atoms with Gasteiger partial charge in [0.25, 0.3) is 0 Å². The van der Waals surface area contributed by atoms with Crippen LogP contribution in [0.25, 0.3) is 32.6 Å². The van der Waals surface area contributed by atoms with Crippen molar-refractivity contribution in [1.29, 1.82) is 0 Å². The van der Waals surface area contributed by atoms with Gasteiger partial charge < -0.3 is 28.6 Å². The van der Waals surface area contributed by atoms with E-state index in [2.05, 4.69) is 0 Å². The number of carbonyl (C=O) groups excluding carboxylic acids is 1. The number of nitrogens with zero attached hydrogens (tertiary/aromatic N) is 1. The molecule has 0 radical (unpaired) electrons. The van der Waals surface area contributed by atoms with Gasteiger partial charge in [0.05, 0.1) is 42.1 Å². The highest BCUT2D eigenvalue weighted by atomic mass is 16.6. The zero-order valence-electron chi connectivity index (χ0n) is 21.9. The van der Waals surface area contributed by atoms with Crippen LogP contribution in [0.1, 0.15) is 38.9 Å². The maximum atomic E-state index is 14.0. The second kappa shape index (κ2) is 9.33. The summed E-state index contributed by atoms with van der Waals surface area (Å²) in [6, 6.07) is 13.2. The molecule has 0 saturated heterocycles. The number of methoxy groups -OCH3 is 1. The van der Waals surface area contributed by atoms with E-state index in [1.54, 1.807) is 19.9 Å². The molecule has 0 fully saturated rings. The standard InChI is InChI=1S/C29H29NO8/c1-15(31)37-27-24-21(38-29(2,3)28(27)36-11-10-22(32)33)14-20(35-5)23-25(24)30(4)19-13-17-9-7-6-8-16(17)12-18(19)26(23)34/h6-9,12-14,27-28H,10-11H2,1-5H3,(H,32,33)/t27-,28-/m1/s1. The molecule has 0 unspecified atom stereocenters. The number of aromatic nitrogens is 1. The van der Waals surface area contributed by atoms with Gasteiger partial charge in [-0.1, -0.05) is 24.3 Å². The lowest BCUT2D eigenvalue weighted by Crippen LogP contribution is -2.51. The van der Waals surface area contributed by atoms with Crippen molar-refractivity contribution in [2.24, 2.45) is 7.05 Å². The van der Waals surface area contributed by atoms with Crippen molar-refractivity contribution >= 4 is 44.5 Å². The molecular formula is C29H29NO8. The maximum Gasteiger partial charge on any atom is 0.305 e. The van der Waals surface area contributed by atoms with Crippen molar-refractivity contribution in [2.75, 3.05) is 13.7 Å². The highest BCUT2D eigenvalue weighted by molar-refractivity contribution is 6.04. The van der Waals surface area contributed by atoms with Crippen molar-refractivity contribution in [3.63, 3.8) is 0 Å². The van der Waals surface area contributed by atoms with Crippen LogP contribution in [-0.2, 0) is 26.1 Å². The molecule has 198 valence electrons. The molecule has 1 aliphatic rings. The van der Waals surface area contributed by atoms with Crippen LogP contribution in [0.15, 0.2) is 47.3 Å². The molecule has 3 aromatic carbocycles. The summed E-state index contributed by atoms with van der Waals surface area (Å²) in [5.41, 5.74) is 0.404. The van der Waals surface area contributed by atoms with Gasteiger partial charge in [-0.3, -0.25) is 14.4 Å². The number of pyridine rings is 1. The number of aryl methyl sites for hydroxylation is 1. The predicted molar refractivity (Wildman–Crippen MR) is 142 cm³/mol. The summed E-state index contributed by atoms with van der Waals surface area (Å²) in [6.07, 6.45) is -2.06. The largest absolute Gasteiger partial charge is 0.496 e. The van der Waals surface area contributed by atoms with E-state index in [4.69, 9.17) is 24.1 Å². The Hall–Kier alpha value is -4.11. The van der Waals surface area contributed by atoms with E-state index < -0.39 is 29.7 Å². The lowest BCUT2D eigenvalue weighted by atomic mass is 9.86. The molecule has 1 aliphatic heterocycles. The van der Waals surface area contributed by atoms with Gasteiger partial charge in [0, 0.05) is 25.4 Å². The Labute approximate surface area is 218 Å². The first-order valence-corrected chi connectivity index (χ1v) is 12.3. The van der Waals surface area contributed by atoms with Crippen molar-refractivity contribution in [3.8, 4) is 11.5 Å². The van der Waals surface area contributed by atoms with Crippen LogP contribution in [0.5, 0.6) is 11.5 Å². The van der Waals surface area contributed by atoms with Gasteiger partial charge >= 0.3 is 11.9 Å². The molecule has 9 nitrogen and oxygen atoms in total. The predicted octanol–water partition coefficient (Wildman–Crippen LogP) is 4.49. The molecule has 0 spiro atoms. The third-order valence-corrected chi connectivity index (χ3v) is 7.04. The first kappa shape index (κ1) is 25.5. The van der Waals surface area contributed by atoms with Gasteiger partial charge in [0.15, 0.2) is 6.10 Å². The molecule has 0 aliphatic carbocycles. The molecule has 0 amide bonds. The lowest BCUT2D eigenvalue weighted by molar-refractivity contribution is -0.180. The molecule has 0 saturated carbocycles. The second-order valence-electron chi connectivity index (χ2n) is 9.99. The Balaban J connectivity index is 1.87. The molecule has 1 aromatic heterocycles. The minimum Gasteiger partial charge on any atom is -0.496 e. The Kier molecular flexibility index (Phi) is 6.27. The first-order valence-electron chi connectivity index (χ1n) is 12.3. The van der Waals surface area contributed by atoms with Crippen molar-refractivity contribution < 1.29 is 33.6 Å². The molecule has 9 heteroatoms. The molecule has 0 bridgehead atoms. The second-order valence-corrected chi connectivity index (χ2v) is 9.99. The van der Waals surface area contributed by atoms with Crippen LogP contribution in [-0.4, -0.2) is 47.0 Å². The molecule has 1 N–H and O–H groups in total. The zero-order valence-corrected chi connectivity index (χ0v) is 21.9. The summed E-state index contributed by atoms with van der Waals surface area (Å²) in [5.74, 6) is -0.845. The number of aliphatic carboxylic acids is 1. The van der Waals surface area contributed by atoms with E-state index in [1.807, 2.05) is 48.0 Å². The van der Waals surface area contributed by atoms with Crippen LogP contribution in [0.2, 0.25) is 0 Å². The van der Waals surface area contributed by atoms with Gasteiger partial charge in [-0.25, -0.2) is 0 Å². The van der Waals surface area contributed by atoms with Gasteiger partial charge in [-0.05, 0) is 36.8 Å². The smallest absolute Gasteiger partial charge is 0.305 e. The van der Waals surface area contributed by atoms with E-state index in [1.165, 1.54) is 14.0 Å². The van der Waals surface area contributed by atoms with E-state index in [0.717, 1.165) is 10.8 Å². The van der Waals surface area contributed by atoms with E-state index in [9.17, 15) is 14.4 Å². The van der Waals surface area contributed by atoms with Gasteiger partial charge in [-0.15, -0.1) is 0 Å². The molecule has 4 aromatic rings. The molecule has 5 rings (SSSR count). The number of benzene rings is 3. The number of carboxylic acid groups (broad SMARTS) is 1. The van der Waals surface area contributed by atoms with E-state index in [0.29, 0.717) is 38.9 Å². The number of ether oxygens (including phenoxy) is 4. The van der Waals surface area contributed by atoms with Crippen molar-refractivity contribution in [1.82, 2.24) is 4.57 Å². The van der Waals surface area contributed by atoms with Gasteiger partial charge in [0.2, 0.25) is 5.43 Å². The summed E-state index contributed by atoms with van der Waals surface area (Å²) in [7, 11) is 3.32. The number of carboxylic acids is 1. The zero-order chi connectivity index (χ0) is 27.4. The van der Waals surface area contributed by atoms with Crippen LogP contribution >= 0.6 is 0 Å². The van der Waals surface area contributed by atoms with Gasteiger partial charge in [-0.2, -0.15) is 0 Å². The van der Waals surface area contributed by atoms with Crippen molar-refractivity contribution in [3.05, 3.63) is 58.3 Å². The molecule has 2 heterocycles. The highest BCUT2D eigenvalue weighted by Gasteiger charge is 2.48. The van der Waals surface area contributed by atoms with E-state index in [-0.39, 0.29) is 18.5 Å². The summed E-state index contributed by atoms with van der Waals surface area (Å²) >= 11 is 0. The normalized spacial score (nSPS) is 18.2. The van der Waals surface area contributed by atoms with Crippen LogP contribution in [0, 0.1) is 0 Å². The Morgan fingerprint density at radius 1 is 1.13 bits per heavy atom. The summed E-state index contributed by atoms with van der Waals surface area (Å²) in [4.78, 5) is 37.5. The number of carbonyl (C=O) groups is 2. The van der Waals surface area contributed by atoms with Crippen molar-refractivity contribution in [2.45, 2.75) is 45.0 Å². The molecular weight excluding hydrogens is 490 g/mol. The minimum absolute atomic E-state index is 0.109. The monoisotopic (exact) mass is 519 g/mol. The average Bonchev–Trinajstić information content (AvgIpc) is 2.86. The minimum atomic E-state index is -1.01. The van der Waals surface area contributed by atoms with E-state index >= 15 is 0 Å². The van der Waals surface area contributed by atoms with Crippen LogP contribution in [0.3, 0.4) is 0 Å². The Morgan fingerprint density at radius 3 is 2.45 bits per heavy atom. The fourth-order valence-electron chi connectivity index (χ4n) is 5.39. The highest BCUT2D eigenvalue weighted by Crippen LogP contribution is 2.49. The quantitative estimate of drug-likeness (QED) is 0.293. The fourth-order valence-corrected chi connectivity index (χ4v) is 5.39.